The lowest BCUT2D eigenvalue weighted by molar-refractivity contribution is 0.324. The first-order valence-corrected chi connectivity index (χ1v) is 9.57. The molecule has 1 unspecified atom stereocenters. The first-order valence-electron chi connectivity index (χ1n) is 9.57. The second kappa shape index (κ2) is 13.0. The van der Waals surface area contributed by atoms with Gasteiger partial charge >= 0.3 is 0 Å². The fourth-order valence-electron chi connectivity index (χ4n) is 3.42. The highest BCUT2D eigenvalue weighted by Crippen LogP contribution is 2.27. The van der Waals surface area contributed by atoms with E-state index in [0.717, 1.165) is 37.0 Å². The number of nitrogens with zero attached hydrogens (tertiary/aromatic N) is 2. The molecule has 0 saturated carbocycles. The third-order valence-electron chi connectivity index (χ3n) is 4.85. The molecular weight excluding hydrogens is 455 g/mol. The maximum atomic E-state index is 5.36. The summed E-state index contributed by atoms with van der Waals surface area (Å²) in [7, 11) is 5.14. The summed E-state index contributed by atoms with van der Waals surface area (Å²) in [4.78, 5) is 6.89. The molecule has 7 heteroatoms. The van der Waals surface area contributed by atoms with Crippen LogP contribution in [-0.2, 0) is 6.42 Å². The van der Waals surface area contributed by atoms with Gasteiger partial charge in [-0.2, -0.15) is 0 Å². The lowest BCUT2D eigenvalue weighted by atomic mass is 10.1. The number of rotatable bonds is 9. The predicted molar refractivity (Wildman–Crippen MR) is 123 cm³/mol. The van der Waals surface area contributed by atoms with Gasteiger partial charge in [-0.25, -0.2) is 0 Å². The number of aliphatic imine (C=N–C) groups is 1. The van der Waals surface area contributed by atoms with E-state index in [1.165, 1.54) is 38.0 Å². The van der Waals surface area contributed by atoms with Crippen LogP contribution in [0.2, 0.25) is 0 Å². The lowest BCUT2D eigenvalue weighted by Crippen LogP contribution is -2.41. The summed E-state index contributed by atoms with van der Waals surface area (Å²) in [6.07, 6.45) is 3.41. The minimum atomic E-state index is 0. The maximum Gasteiger partial charge on any atom is 0.190 e. The summed E-state index contributed by atoms with van der Waals surface area (Å²) in [5.74, 6) is 3.12. The molecule has 1 aliphatic heterocycles. The van der Waals surface area contributed by atoms with Gasteiger partial charge in [0.25, 0.3) is 0 Å². The zero-order chi connectivity index (χ0) is 18.8. The van der Waals surface area contributed by atoms with Crippen LogP contribution in [0.25, 0.3) is 0 Å². The Kier molecular flexibility index (Phi) is 11.5. The van der Waals surface area contributed by atoms with E-state index in [1.54, 1.807) is 14.2 Å². The summed E-state index contributed by atoms with van der Waals surface area (Å²) in [5.41, 5.74) is 1.21. The molecule has 0 aromatic heterocycles. The average molecular weight is 490 g/mol. The molecule has 27 heavy (non-hydrogen) atoms. The van der Waals surface area contributed by atoms with Gasteiger partial charge in [-0.3, -0.25) is 4.99 Å². The van der Waals surface area contributed by atoms with Crippen molar-refractivity contribution in [2.75, 3.05) is 54.0 Å². The summed E-state index contributed by atoms with van der Waals surface area (Å²) >= 11 is 0. The van der Waals surface area contributed by atoms with Gasteiger partial charge in [-0.1, -0.05) is 13.0 Å². The van der Waals surface area contributed by atoms with Crippen molar-refractivity contribution in [2.45, 2.75) is 26.2 Å². The number of halogens is 1. The number of nitrogens with one attached hydrogen (secondary N) is 2. The van der Waals surface area contributed by atoms with Gasteiger partial charge in [0.15, 0.2) is 17.5 Å². The standard InChI is InChI=1S/C20H34N4O2.HI/c1-5-11-24-12-9-17(15-24)14-23-20(21-2)22-10-8-16-6-7-18(25-3)19(13-16)26-4;/h6-7,13,17H,5,8-12,14-15H2,1-4H3,(H2,21,22,23);1H. The molecule has 1 aliphatic rings. The number of hydrogen-bond donors (Lipinski definition) is 2. The second-order valence-corrected chi connectivity index (χ2v) is 6.77. The molecule has 1 aromatic carbocycles. The minimum Gasteiger partial charge on any atom is -0.493 e. The van der Waals surface area contributed by atoms with E-state index >= 15 is 0 Å². The number of guanidine groups is 1. The maximum absolute atomic E-state index is 5.36. The van der Waals surface area contributed by atoms with E-state index in [-0.39, 0.29) is 24.0 Å². The molecule has 0 aliphatic carbocycles. The number of likely N-dealkylation sites (tertiary alicyclic amines) is 1. The molecule has 1 fully saturated rings. The van der Waals surface area contributed by atoms with E-state index in [1.807, 2.05) is 19.2 Å². The third-order valence-corrected chi connectivity index (χ3v) is 4.85. The number of ether oxygens (including phenoxy) is 2. The normalized spacial score (nSPS) is 17.3. The molecule has 1 heterocycles. The largest absolute Gasteiger partial charge is 0.493 e. The zero-order valence-electron chi connectivity index (χ0n) is 17.1. The summed E-state index contributed by atoms with van der Waals surface area (Å²) in [6.45, 7) is 7.69. The van der Waals surface area contributed by atoms with Crippen LogP contribution in [-0.4, -0.2) is 64.9 Å². The molecule has 0 bridgehead atoms. The van der Waals surface area contributed by atoms with Gasteiger partial charge in [0.1, 0.15) is 0 Å². The van der Waals surface area contributed by atoms with Crippen molar-refractivity contribution in [3.8, 4) is 11.5 Å². The quantitative estimate of drug-likeness (QED) is 0.317. The average Bonchev–Trinajstić information content (AvgIpc) is 3.12. The molecule has 0 spiro atoms. The number of benzene rings is 1. The van der Waals surface area contributed by atoms with Gasteiger partial charge in [-0.05, 0) is 56.0 Å². The van der Waals surface area contributed by atoms with E-state index < -0.39 is 0 Å². The zero-order valence-corrected chi connectivity index (χ0v) is 19.4. The second-order valence-electron chi connectivity index (χ2n) is 6.77. The van der Waals surface area contributed by atoms with Gasteiger partial charge in [-0.15, -0.1) is 24.0 Å². The molecule has 0 amide bonds. The van der Waals surface area contributed by atoms with Crippen LogP contribution in [0.15, 0.2) is 23.2 Å². The lowest BCUT2D eigenvalue weighted by Gasteiger charge is -2.17. The molecular formula is C20H35IN4O2. The molecule has 6 nitrogen and oxygen atoms in total. The van der Waals surface area contributed by atoms with Crippen molar-refractivity contribution in [2.24, 2.45) is 10.9 Å². The van der Waals surface area contributed by atoms with E-state index in [0.29, 0.717) is 5.92 Å². The topological polar surface area (TPSA) is 58.1 Å². The monoisotopic (exact) mass is 490 g/mol. The Morgan fingerprint density at radius 2 is 2.00 bits per heavy atom. The van der Waals surface area contributed by atoms with E-state index in [4.69, 9.17) is 9.47 Å². The molecule has 1 saturated heterocycles. The minimum absolute atomic E-state index is 0. The summed E-state index contributed by atoms with van der Waals surface area (Å²) in [5, 5.41) is 6.87. The fraction of sp³-hybridized carbons (Fsp3) is 0.650. The highest BCUT2D eigenvalue weighted by atomic mass is 127. The van der Waals surface area contributed by atoms with Crippen LogP contribution in [0.1, 0.15) is 25.3 Å². The summed E-state index contributed by atoms with van der Waals surface area (Å²) < 4.78 is 10.6. The van der Waals surface area contributed by atoms with E-state index in [9.17, 15) is 0 Å². The van der Waals surface area contributed by atoms with Crippen LogP contribution in [0.3, 0.4) is 0 Å². The Hall–Kier alpha value is -1.22. The first kappa shape index (κ1) is 23.8. The smallest absolute Gasteiger partial charge is 0.190 e. The van der Waals surface area contributed by atoms with Crippen LogP contribution >= 0.6 is 24.0 Å². The fourth-order valence-corrected chi connectivity index (χ4v) is 3.42. The van der Waals surface area contributed by atoms with Gasteiger partial charge < -0.3 is 25.0 Å². The van der Waals surface area contributed by atoms with Crippen molar-refractivity contribution in [3.05, 3.63) is 23.8 Å². The first-order chi connectivity index (χ1) is 12.7. The van der Waals surface area contributed by atoms with Gasteiger partial charge in [0, 0.05) is 26.7 Å². The molecule has 1 atom stereocenters. The molecule has 2 N–H and O–H groups in total. The summed E-state index contributed by atoms with van der Waals surface area (Å²) in [6, 6.07) is 6.04. The third kappa shape index (κ3) is 7.73. The Labute approximate surface area is 181 Å². The van der Waals surface area contributed by atoms with Crippen LogP contribution in [0.4, 0.5) is 0 Å². The predicted octanol–water partition coefficient (Wildman–Crippen LogP) is 2.76. The highest BCUT2D eigenvalue weighted by Gasteiger charge is 2.21. The molecule has 154 valence electrons. The van der Waals surface area contributed by atoms with E-state index in [2.05, 4.69) is 33.5 Å². The van der Waals surface area contributed by atoms with Crippen molar-refractivity contribution in [1.82, 2.24) is 15.5 Å². The van der Waals surface area contributed by atoms with Crippen molar-refractivity contribution < 1.29 is 9.47 Å². The van der Waals surface area contributed by atoms with Crippen molar-refractivity contribution in [3.63, 3.8) is 0 Å². The van der Waals surface area contributed by atoms with Crippen LogP contribution in [0, 0.1) is 5.92 Å². The van der Waals surface area contributed by atoms with Crippen LogP contribution < -0.4 is 20.1 Å². The van der Waals surface area contributed by atoms with Crippen LogP contribution in [0.5, 0.6) is 11.5 Å². The van der Waals surface area contributed by atoms with Gasteiger partial charge in [0.05, 0.1) is 14.2 Å². The molecule has 0 radical (unpaired) electrons. The Bertz CT molecular complexity index is 583. The number of hydrogen-bond acceptors (Lipinski definition) is 4. The molecule has 1 aromatic rings. The highest BCUT2D eigenvalue weighted by molar-refractivity contribution is 14.0. The number of methoxy groups -OCH3 is 2. The Morgan fingerprint density at radius 3 is 2.67 bits per heavy atom. The Morgan fingerprint density at radius 1 is 1.22 bits per heavy atom. The van der Waals surface area contributed by atoms with Crippen molar-refractivity contribution in [1.29, 1.82) is 0 Å². The Balaban J connectivity index is 0.00000364. The van der Waals surface area contributed by atoms with Crippen molar-refractivity contribution >= 4 is 29.9 Å². The SMILES string of the molecule is CCCN1CCC(CNC(=NC)NCCc2ccc(OC)c(OC)c2)C1.I. The van der Waals surface area contributed by atoms with Gasteiger partial charge in [0.2, 0.25) is 0 Å². The molecule has 2 rings (SSSR count).